The Morgan fingerprint density at radius 2 is 1.64 bits per heavy atom. The fourth-order valence-electron chi connectivity index (χ4n) is 0.499. The van der Waals surface area contributed by atoms with Gasteiger partial charge in [0.05, 0.1) is 6.61 Å². The highest BCUT2D eigenvalue weighted by Gasteiger charge is 2.37. The van der Waals surface area contributed by atoms with Gasteiger partial charge in [-0.3, -0.25) is 16.5 Å². The maximum atomic E-state index is 10.7. The average molecular weight is 220 g/mol. The van der Waals surface area contributed by atoms with Crippen LogP contribution < -0.4 is 11.7 Å². The van der Waals surface area contributed by atoms with Crippen LogP contribution >= 0.6 is 0 Å². The second kappa shape index (κ2) is 6.29. The molecule has 0 amide bonds. The Hall–Kier alpha value is -0.233. The molecule has 0 rings (SSSR count). The molecule has 0 bridgehead atoms. The summed E-state index contributed by atoms with van der Waals surface area (Å²) < 4.78 is 5.64. The first-order valence-corrected chi connectivity index (χ1v) is 7.54. The first-order valence-electron chi connectivity index (χ1n) is 4.63. The molecule has 0 aliphatic rings. The summed E-state index contributed by atoms with van der Waals surface area (Å²) in [5, 5.41) is 0.197. The fourth-order valence-corrected chi connectivity index (χ4v) is 1.50. The van der Waals surface area contributed by atoms with Gasteiger partial charge >= 0.3 is 0 Å². The number of carbonyl (C=O) groups is 1. The van der Waals surface area contributed by atoms with Crippen LogP contribution in [0, 0.1) is 0 Å². The smallest absolute Gasteiger partial charge is 0.192 e. The van der Waals surface area contributed by atoms with Crippen LogP contribution in [0.1, 0.15) is 27.7 Å². The molecule has 0 aliphatic heterocycles. The molecule has 14 heavy (non-hydrogen) atoms. The van der Waals surface area contributed by atoms with E-state index in [0.717, 1.165) is 0 Å². The summed E-state index contributed by atoms with van der Waals surface area (Å²) in [6.45, 7) is 12.6. The van der Waals surface area contributed by atoms with E-state index >= 15 is 0 Å². The van der Waals surface area contributed by atoms with Gasteiger partial charge in [0.25, 0.3) is 0 Å². The van der Waals surface area contributed by atoms with E-state index in [1.54, 1.807) is 6.92 Å². The van der Waals surface area contributed by atoms with Crippen LogP contribution in [-0.4, -0.2) is 20.7 Å². The summed E-state index contributed by atoms with van der Waals surface area (Å²) in [7, 11) is -1.69. The highest BCUT2D eigenvalue weighted by molar-refractivity contribution is 6.74. The van der Waals surface area contributed by atoms with Crippen LogP contribution in [-0.2, 0) is 9.22 Å². The van der Waals surface area contributed by atoms with Gasteiger partial charge in [-0.2, -0.15) is 0 Å². The van der Waals surface area contributed by atoms with Gasteiger partial charge in [-0.05, 0) is 25.1 Å². The lowest BCUT2D eigenvalue weighted by Gasteiger charge is -2.35. The molecule has 0 saturated heterocycles. The van der Waals surface area contributed by atoms with Gasteiger partial charge in [0.2, 0.25) is 0 Å². The summed E-state index contributed by atoms with van der Waals surface area (Å²) in [6.07, 6.45) is 0. The minimum atomic E-state index is -1.69. The summed E-state index contributed by atoms with van der Waals surface area (Å²) in [5.74, 6) is 8.11. The normalized spacial score (nSPS) is 11.7. The lowest BCUT2D eigenvalue weighted by Crippen LogP contribution is -2.41. The third kappa shape index (κ3) is 6.26. The maximum absolute atomic E-state index is 10.7. The maximum Gasteiger partial charge on any atom is 0.192 e. The quantitative estimate of drug-likeness (QED) is 0.428. The number of rotatable bonds is 3. The molecule has 0 fully saturated rings. The predicted molar refractivity (Wildman–Crippen MR) is 62.2 cm³/mol. The summed E-state index contributed by atoms with van der Waals surface area (Å²) in [6, 6.07) is 0. The predicted octanol–water partition coefficient (Wildman–Crippen LogP) is 1.42. The van der Waals surface area contributed by atoms with E-state index in [4.69, 9.17) is 4.43 Å². The molecule has 0 unspecified atom stereocenters. The molecule has 0 aromatic carbocycles. The van der Waals surface area contributed by atoms with Crippen molar-refractivity contribution < 1.29 is 9.22 Å². The van der Waals surface area contributed by atoms with Crippen LogP contribution in [0.2, 0.25) is 18.1 Å². The zero-order valence-electron chi connectivity index (χ0n) is 10.2. The number of Topliss-reactive ketones (excluding diaryl/α,β-unsaturated/α-hetero) is 1. The van der Waals surface area contributed by atoms with Crippen molar-refractivity contribution in [3.05, 3.63) is 0 Å². The number of hydrogen-bond acceptors (Lipinski definition) is 4. The molecule has 5 heteroatoms. The minimum absolute atomic E-state index is 0.111. The van der Waals surface area contributed by atoms with Crippen molar-refractivity contribution in [3.8, 4) is 0 Å². The summed E-state index contributed by atoms with van der Waals surface area (Å²) in [5.41, 5.74) is 0. The van der Waals surface area contributed by atoms with E-state index < -0.39 is 8.32 Å². The molecular weight excluding hydrogens is 196 g/mol. The SMILES string of the molecule is CC(=O)CO[Si](C)(C)C(C)(C)C.NN. The Bertz CT molecular complexity index is 176. The Morgan fingerprint density at radius 1 is 1.29 bits per heavy atom. The van der Waals surface area contributed by atoms with Crippen molar-refractivity contribution in [1.82, 2.24) is 0 Å². The van der Waals surface area contributed by atoms with Gasteiger partial charge in [-0.1, -0.05) is 20.8 Å². The van der Waals surface area contributed by atoms with E-state index in [2.05, 4.69) is 45.6 Å². The summed E-state index contributed by atoms with van der Waals surface area (Å²) >= 11 is 0. The Kier molecular flexibility index (Phi) is 7.28. The Labute approximate surface area is 88.1 Å². The second-order valence-electron chi connectivity index (χ2n) is 4.75. The molecule has 0 aromatic rings. The fraction of sp³-hybridized carbons (Fsp3) is 0.889. The van der Waals surface area contributed by atoms with Crippen molar-refractivity contribution in [3.63, 3.8) is 0 Å². The Balaban J connectivity index is 0. The van der Waals surface area contributed by atoms with E-state index in [1.807, 2.05) is 0 Å². The van der Waals surface area contributed by atoms with Crippen LogP contribution in [0.3, 0.4) is 0 Å². The number of hydrogen-bond donors (Lipinski definition) is 2. The lowest BCUT2D eigenvalue weighted by molar-refractivity contribution is -0.119. The van der Waals surface area contributed by atoms with Gasteiger partial charge in [0.15, 0.2) is 14.1 Å². The van der Waals surface area contributed by atoms with Crippen LogP contribution in [0.5, 0.6) is 0 Å². The van der Waals surface area contributed by atoms with Crippen molar-refractivity contribution in [1.29, 1.82) is 0 Å². The zero-order valence-corrected chi connectivity index (χ0v) is 11.2. The summed E-state index contributed by atoms with van der Waals surface area (Å²) in [4.78, 5) is 10.7. The van der Waals surface area contributed by atoms with Gasteiger partial charge in [-0.25, -0.2) is 0 Å². The van der Waals surface area contributed by atoms with Crippen molar-refractivity contribution in [2.75, 3.05) is 6.61 Å². The minimum Gasteiger partial charge on any atom is -0.410 e. The van der Waals surface area contributed by atoms with Gasteiger partial charge in [0, 0.05) is 0 Å². The number of carbonyl (C=O) groups excluding carboxylic acids is 1. The molecule has 0 aliphatic carbocycles. The average Bonchev–Trinajstić information content (AvgIpc) is 2.03. The number of hydrazine groups is 1. The topological polar surface area (TPSA) is 78.3 Å². The Morgan fingerprint density at radius 3 is 1.86 bits per heavy atom. The third-order valence-corrected chi connectivity index (χ3v) is 6.92. The van der Waals surface area contributed by atoms with Crippen molar-refractivity contribution >= 4 is 14.1 Å². The molecule has 86 valence electrons. The number of nitrogens with two attached hydrogens (primary N) is 2. The number of ketones is 1. The molecule has 0 saturated carbocycles. The van der Waals surface area contributed by atoms with Crippen molar-refractivity contribution in [2.24, 2.45) is 11.7 Å². The third-order valence-electron chi connectivity index (χ3n) is 2.44. The van der Waals surface area contributed by atoms with Crippen LogP contribution in [0.4, 0.5) is 0 Å². The largest absolute Gasteiger partial charge is 0.410 e. The van der Waals surface area contributed by atoms with Gasteiger partial charge < -0.3 is 4.43 Å². The molecule has 4 N–H and O–H groups in total. The second-order valence-corrected chi connectivity index (χ2v) is 9.56. The lowest BCUT2D eigenvalue weighted by atomic mass is 10.2. The van der Waals surface area contributed by atoms with Gasteiger partial charge in [0.1, 0.15) is 0 Å². The molecule has 0 atom stereocenters. The van der Waals surface area contributed by atoms with E-state index in [0.29, 0.717) is 0 Å². The molecule has 0 heterocycles. The van der Waals surface area contributed by atoms with E-state index in [-0.39, 0.29) is 17.4 Å². The zero-order chi connectivity index (χ0) is 12.0. The molecule has 0 spiro atoms. The van der Waals surface area contributed by atoms with Crippen LogP contribution in [0.25, 0.3) is 0 Å². The van der Waals surface area contributed by atoms with E-state index in [1.165, 1.54) is 0 Å². The standard InChI is InChI=1S/C9H20O2Si.H4N2/c1-8(10)7-11-12(5,6)9(2,3)4;1-2/h7H2,1-6H3;1-2H2. The highest BCUT2D eigenvalue weighted by Crippen LogP contribution is 2.36. The monoisotopic (exact) mass is 220 g/mol. The molecule has 4 nitrogen and oxygen atoms in total. The molecule has 0 aromatic heterocycles. The first-order chi connectivity index (χ1) is 6.17. The van der Waals surface area contributed by atoms with Crippen molar-refractivity contribution in [2.45, 2.75) is 45.8 Å². The molecule has 0 radical (unpaired) electrons. The first kappa shape index (κ1) is 16.2. The highest BCUT2D eigenvalue weighted by atomic mass is 28.4. The van der Waals surface area contributed by atoms with E-state index in [9.17, 15) is 4.79 Å². The van der Waals surface area contributed by atoms with Gasteiger partial charge in [-0.15, -0.1) is 0 Å². The van der Waals surface area contributed by atoms with Crippen LogP contribution in [0.15, 0.2) is 0 Å². The molecular formula is C9H24N2O2Si.